The highest BCUT2D eigenvalue weighted by molar-refractivity contribution is 7.47. The minimum Gasteiger partial charge on any atom is -0.462 e. The highest BCUT2D eigenvalue weighted by Gasteiger charge is 2.27. The lowest BCUT2D eigenvalue weighted by molar-refractivity contribution is -0.161. The first-order valence-electron chi connectivity index (χ1n) is 19.7. The molecule has 0 saturated carbocycles. The summed E-state index contributed by atoms with van der Waals surface area (Å²) in [6.45, 7) is 2.14. The highest BCUT2D eigenvalue weighted by atomic mass is 31.2. The molecule has 0 amide bonds. The maximum Gasteiger partial charge on any atom is 0.472 e. The van der Waals surface area contributed by atoms with Gasteiger partial charge >= 0.3 is 19.8 Å². The average molecular weight is 755 g/mol. The smallest absolute Gasteiger partial charge is 0.462 e. The number of hydrogen-bond acceptors (Lipinski definition) is 9. The third kappa shape index (κ3) is 36.0. The van der Waals surface area contributed by atoms with E-state index >= 15 is 0 Å². The maximum absolute atomic E-state index is 12.5. The summed E-state index contributed by atoms with van der Waals surface area (Å²) in [6, 6.07) is 0. The second-order valence-corrected chi connectivity index (χ2v) is 14.4. The highest BCUT2D eigenvalue weighted by Crippen LogP contribution is 2.43. The molecule has 0 spiro atoms. The molecule has 52 heavy (non-hydrogen) atoms. The van der Waals surface area contributed by atoms with Crippen LogP contribution in [0.15, 0.2) is 60.8 Å². The molecule has 10 nitrogen and oxygen atoms in total. The van der Waals surface area contributed by atoms with Gasteiger partial charge in [-0.15, -0.1) is 0 Å². The fourth-order valence-electron chi connectivity index (χ4n) is 4.88. The molecule has 0 aliphatic carbocycles. The van der Waals surface area contributed by atoms with Crippen molar-refractivity contribution in [3.8, 4) is 0 Å². The zero-order valence-corrected chi connectivity index (χ0v) is 33.1. The Balaban J connectivity index is 4.45. The Hall–Kier alpha value is -2.33. The van der Waals surface area contributed by atoms with Crippen LogP contribution >= 0.6 is 7.82 Å². The van der Waals surface area contributed by atoms with Gasteiger partial charge in [-0.2, -0.15) is 0 Å². The molecule has 11 heteroatoms. The van der Waals surface area contributed by atoms with E-state index in [0.29, 0.717) is 12.8 Å². The second-order valence-electron chi connectivity index (χ2n) is 12.9. The number of phosphoric acid groups is 1. The van der Waals surface area contributed by atoms with Crippen LogP contribution in [0.5, 0.6) is 0 Å². The third-order valence-electron chi connectivity index (χ3n) is 7.92. The van der Waals surface area contributed by atoms with E-state index in [-0.39, 0.29) is 19.4 Å². The Kier molecular flexibility index (Phi) is 35.3. The van der Waals surface area contributed by atoms with Gasteiger partial charge in [0.25, 0.3) is 0 Å². The van der Waals surface area contributed by atoms with Gasteiger partial charge in [-0.25, -0.2) is 4.57 Å². The molecule has 0 aliphatic heterocycles. The van der Waals surface area contributed by atoms with E-state index in [1.807, 2.05) is 12.2 Å². The fraction of sp³-hybridized carbons (Fsp3) is 0.707. The lowest BCUT2D eigenvalue weighted by Gasteiger charge is -2.20. The zero-order chi connectivity index (χ0) is 38.4. The fourth-order valence-corrected chi connectivity index (χ4v) is 5.67. The number of aliphatic hydroxyl groups excluding tert-OH is 2. The largest absolute Gasteiger partial charge is 0.472 e. The van der Waals surface area contributed by atoms with E-state index in [9.17, 15) is 24.2 Å². The lowest BCUT2D eigenvalue weighted by atomic mass is 10.1. The number of esters is 2. The van der Waals surface area contributed by atoms with Crippen LogP contribution < -0.4 is 0 Å². The molecule has 0 bridgehead atoms. The maximum atomic E-state index is 12.5. The van der Waals surface area contributed by atoms with E-state index < -0.39 is 51.8 Å². The van der Waals surface area contributed by atoms with Crippen molar-refractivity contribution in [3.63, 3.8) is 0 Å². The summed E-state index contributed by atoms with van der Waals surface area (Å²) < 4.78 is 32.5. The van der Waals surface area contributed by atoms with Crippen molar-refractivity contribution in [1.29, 1.82) is 0 Å². The van der Waals surface area contributed by atoms with Gasteiger partial charge in [0, 0.05) is 12.8 Å². The number of carbonyl (C=O) groups excluding carboxylic acids is 2. The van der Waals surface area contributed by atoms with E-state index in [2.05, 4.69) is 67.0 Å². The molecule has 0 heterocycles. The molecule has 0 aromatic carbocycles. The molecule has 0 radical (unpaired) electrons. The Bertz CT molecular complexity index is 1050. The average Bonchev–Trinajstić information content (AvgIpc) is 3.13. The molecule has 3 atom stereocenters. The van der Waals surface area contributed by atoms with Crippen LogP contribution in [0.1, 0.15) is 149 Å². The van der Waals surface area contributed by atoms with Crippen LogP contribution in [0.25, 0.3) is 0 Å². The summed E-state index contributed by atoms with van der Waals surface area (Å²) >= 11 is 0. The molecule has 0 rings (SSSR count). The topological polar surface area (TPSA) is 149 Å². The number of hydrogen-bond donors (Lipinski definition) is 3. The van der Waals surface area contributed by atoms with Crippen LogP contribution in [0.2, 0.25) is 0 Å². The van der Waals surface area contributed by atoms with Crippen LogP contribution in [-0.4, -0.2) is 65.7 Å². The van der Waals surface area contributed by atoms with E-state index in [1.165, 1.54) is 44.9 Å². The minimum absolute atomic E-state index is 0.0592. The second kappa shape index (κ2) is 37.0. The van der Waals surface area contributed by atoms with Crippen molar-refractivity contribution in [2.45, 2.75) is 161 Å². The van der Waals surface area contributed by atoms with E-state index in [0.717, 1.165) is 64.2 Å². The molecule has 300 valence electrons. The summed E-state index contributed by atoms with van der Waals surface area (Å²) in [6.07, 6.45) is 39.3. The molecule has 0 aromatic heterocycles. The number of unbranched alkanes of at least 4 members (excludes halogenated alkanes) is 12. The molecule has 0 aliphatic rings. The third-order valence-corrected chi connectivity index (χ3v) is 8.87. The molecule has 0 saturated heterocycles. The normalized spacial score (nSPS) is 14.6. The number of phosphoric ester groups is 1. The monoisotopic (exact) mass is 754 g/mol. The zero-order valence-electron chi connectivity index (χ0n) is 32.3. The van der Waals surface area contributed by atoms with Crippen molar-refractivity contribution in [1.82, 2.24) is 0 Å². The molecule has 3 N–H and O–H groups in total. The van der Waals surface area contributed by atoms with Crippen molar-refractivity contribution < 1.29 is 47.8 Å². The molecule has 0 aromatic rings. The molecular weight excluding hydrogens is 683 g/mol. The van der Waals surface area contributed by atoms with Gasteiger partial charge in [-0.1, -0.05) is 132 Å². The van der Waals surface area contributed by atoms with Crippen molar-refractivity contribution >= 4 is 19.8 Å². The Morgan fingerprint density at radius 2 is 1.10 bits per heavy atom. The van der Waals surface area contributed by atoms with Crippen molar-refractivity contribution in [2.24, 2.45) is 0 Å². The predicted octanol–water partition coefficient (Wildman–Crippen LogP) is 9.94. The van der Waals surface area contributed by atoms with E-state index in [1.54, 1.807) is 0 Å². The summed E-state index contributed by atoms with van der Waals surface area (Å²) in [5, 5.41) is 18.3. The van der Waals surface area contributed by atoms with Crippen LogP contribution in [0.3, 0.4) is 0 Å². The number of aliphatic hydroxyl groups is 2. The minimum atomic E-state index is -4.63. The van der Waals surface area contributed by atoms with Gasteiger partial charge < -0.3 is 24.6 Å². The lowest BCUT2D eigenvalue weighted by Crippen LogP contribution is -2.29. The van der Waals surface area contributed by atoms with Gasteiger partial charge in [0.2, 0.25) is 0 Å². The quantitative estimate of drug-likeness (QED) is 0.0244. The number of rotatable bonds is 36. The molecule has 3 unspecified atom stereocenters. The van der Waals surface area contributed by atoms with Crippen LogP contribution in [0, 0.1) is 0 Å². The number of ether oxygens (including phenoxy) is 2. The first kappa shape index (κ1) is 49.7. The summed E-state index contributed by atoms with van der Waals surface area (Å²) in [7, 11) is -4.63. The summed E-state index contributed by atoms with van der Waals surface area (Å²) in [5.74, 6) is -1.03. The van der Waals surface area contributed by atoms with Gasteiger partial charge in [0.1, 0.15) is 12.7 Å². The Labute approximate surface area is 315 Å². The van der Waals surface area contributed by atoms with Gasteiger partial charge in [-0.05, 0) is 64.2 Å². The van der Waals surface area contributed by atoms with Crippen LogP contribution in [-0.2, 0) is 32.7 Å². The Morgan fingerprint density at radius 1 is 0.596 bits per heavy atom. The van der Waals surface area contributed by atoms with E-state index in [4.69, 9.17) is 19.1 Å². The standard InChI is InChI=1S/C41H71O10P/c1-3-5-7-9-11-13-15-17-18-19-21-22-24-26-28-30-32-40(44)48-36-39(37-50-52(46,47)49-35-38(43)34-42)51-41(45)33-31-29-27-25-23-20-16-14-12-10-8-6-4-2/h6,8,12,14,18-20,23,27,29,38-39,42-43H,3-5,7,9-11,13,15-17,21-22,24-26,28,30-37H2,1-2H3,(H,46,47)/b8-6-,14-12-,19-18-,23-20-,29-27-. The van der Waals surface area contributed by atoms with Crippen molar-refractivity contribution in [3.05, 3.63) is 60.8 Å². The first-order chi connectivity index (χ1) is 25.2. The predicted molar refractivity (Wildman–Crippen MR) is 210 cm³/mol. The van der Waals surface area contributed by atoms with Gasteiger partial charge in [-0.3, -0.25) is 18.6 Å². The number of allylic oxidation sites excluding steroid dienone is 10. The van der Waals surface area contributed by atoms with Gasteiger partial charge in [0.15, 0.2) is 6.10 Å². The van der Waals surface area contributed by atoms with Crippen LogP contribution in [0.4, 0.5) is 0 Å². The number of carbonyl (C=O) groups is 2. The first-order valence-corrected chi connectivity index (χ1v) is 21.2. The summed E-state index contributed by atoms with van der Waals surface area (Å²) in [4.78, 5) is 34.8. The van der Waals surface area contributed by atoms with Crippen molar-refractivity contribution in [2.75, 3.05) is 26.4 Å². The Morgan fingerprint density at radius 3 is 1.67 bits per heavy atom. The van der Waals surface area contributed by atoms with Gasteiger partial charge in [0.05, 0.1) is 19.8 Å². The molecule has 0 fully saturated rings. The SMILES string of the molecule is CC/C=C\C/C=C\C/C=C\C/C=C\CCC(=O)OC(COC(=O)CCCCCCC/C=C\CCCCCCCCC)COP(=O)(O)OCC(O)CO. The molecular formula is C41H71O10P. The summed E-state index contributed by atoms with van der Waals surface area (Å²) in [5.41, 5.74) is 0.